The van der Waals surface area contributed by atoms with Crippen LogP contribution in [0.25, 0.3) is 5.95 Å². The molecule has 0 unspecified atom stereocenters. The Bertz CT molecular complexity index is 405. The highest BCUT2D eigenvalue weighted by atomic mass is 15.5. The van der Waals surface area contributed by atoms with Gasteiger partial charge in [-0.2, -0.15) is 10.4 Å². The zero-order valence-electron chi connectivity index (χ0n) is 5.97. The third-order valence-electron chi connectivity index (χ3n) is 1.28. The van der Waals surface area contributed by atoms with Crippen LogP contribution < -0.4 is 0 Å². The van der Waals surface area contributed by atoms with E-state index in [-0.39, 0.29) is 5.69 Å². The Hall–Kier alpha value is -2.16. The highest BCUT2D eigenvalue weighted by molar-refractivity contribution is 5.15. The number of nitriles is 1. The Kier molecular flexibility index (Phi) is 1.35. The SMILES string of the molecule is N#Cc1cnn(-c2ncc[nH]2)n1. The van der Waals surface area contributed by atoms with E-state index in [9.17, 15) is 0 Å². The van der Waals surface area contributed by atoms with E-state index in [4.69, 9.17) is 5.26 Å². The average molecular weight is 160 g/mol. The molecule has 2 rings (SSSR count). The van der Waals surface area contributed by atoms with Crippen LogP contribution in [-0.4, -0.2) is 25.0 Å². The van der Waals surface area contributed by atoms with Crippen LogP contribution in [-0.2, 0) is 0 Å². The molecule has 0 aliphatic heterocycles. The lowest BCUT2D eigenvalue weighted by atomic mass is 10.6. The van der Waals surface area contributed by atoms with E-state index in [0.717, 1.165) is 0 Å². The van der Waals surface area contributed by atoms with Gasteiger partial charge in [-0.3, -0.25) is 0 Å². The average Bonchev–Trinajstić information content (AvgIpc) is 2.75. The molecular weight excluding hydrogens is 156 g/mol. The number of imidazole rings is 1. The van der Waals surface area contributed by atoms with Crippen molar-refractivity contribution in [1.82, 2.24) is 25.0 Å². The van der Waals surface area contributed by atoms with E-state index in [2.05, 4.69) is 20.2 Å². The molecule has 0 bridgehead atoms. The molecule has 6 nitrogen and oxygen atoms in total. The summed E-state index contributed by atoms with van der Waals surface area (Å²) in [6.07, 6.45) is 4.62. The van der Waals surface area contributed by atoms with Crippen LogP contribution in [0.4, 0.5) is 0 Å². The maximum atomic E-state index is 8.45. The molecule has 0 aliphatic carbocycles. The van der Waals surface area contributed by atoms with Gasteiger partial charge in [0.25, 0.3) is 0 Å². The lowest BCUT2D eigenvalue weighted by Gasteiger charge is -1.88. The van der Waals surface area contributed by atoms with Crippen LogP contribution in [0.3, 0.4) is 0 Å². The largest absolute Gasteiger partial charge is 0.328 e. The molecule has 0 aliphatic rings. The second-order valence-electron chi connectivity index (χ2n) is 2.04. The van der Waals surface area contributed by atoms with Gasteiger partial charge >= 0.3 is 0 Å². The van der Waals surface area contributed by atoms with Crippen molar-refractivity contribution >= 4 is 0 Å². The third kappa shape index (κ3) is 0.932. The van der Waals surface area contributed by atoms with Gasteiger partial charge in [0.1, 0.15) is 6.07 Å². The molecule has 0 aromatic carbocycles. The lowest BCUT2D eigenvalue weighted by molar-refractivity contribution is 0.711. The summed E-state index contributed by atoms with van der Waals surface area (Å²) >= 11 is 0. The predicted molar refractivity (Wildman–Crippen MR) is 38.2 cm³/mol. The molecule has 0 saturated carbocycles. The Balaban J connectivity index is 2.44. The Morgan fingerprint density at radius 1 is 1.58 bits per heavy atom. The summed E-state index contributed by atoms with van der Waals surface area (Å²) < 4.78 is 0. The summed E-state index contributed by atoms with van der Waals surface area (Å²) in [4.78, 5) is 7.98. The van der Waals surface area contributed by atoms with Crippen LogP contribution in [0.5, 0.6) is 0 Å². The number of aromatic nitrogens is 5. The van der Waals surface area contributed by atoms with Crippen molar-refractivity contribution < 1.29 is 0 Å². The standard InChI is InChI=1S/C6H4N6/c7-3-5-4-10-12(11-5)6-8-1-2-9-6/h1-2,4H,(H,8,9). The van der Waals surface area contributed by atoms with E-state index >= 15 is 0 Å². The quantitative estimate of drug-likeness (QED) is 0.629. The second kappa shape index (κ2) is 2.47. The first kappa shape index (κ1) is 6.54. The first-order valence-corrected chi connectivity index (χ1v) is 3.22. The smallest absolute Gasteiger partial charge is 0.246 e. The second-order valence-corrected chi connectivity index (χ2v) is 2.04. The number of hydrogen-bond donors (Lipinski definition) is 1. The van der Waals surface area contributed by atoms with Gasteiger partial charge in [0.05, 0.1) is 6.20 Å². The summed E-state index contributed by atoms with van der Waals surface area (Å²) in [7, 11) is 0. The molecule has 2 heterocycles. The van der Waals surface area contributed by atoms with Crippen molar-refractivity contribution in [3.63, 3.8) is 0 Å². The minimum absolute atomic E-state index is 0.270. The summed E-state index contributed by atoms with van der Waals surface area (Å²) in [5, 5.41) is 16.1. The minimum Gasteiger partial charge on any atom is -0.328 e. The van der Waals surface area contributed by atoms with Gasteiger partial charge in [0.15, 0.2) is 5.69 Å². The molecule has 0 spiro atoms. The first-order chi connectivity index (χ1) is 5.90. The molecular formula is C6H4N6. The molecule has 0 saturated heterocycles. The molecule has 6 heteroatoms. The maximum Gasteiger partial charge on any atom is 0.246 e. The fourth-order valence-electron chi connectivity index (χ4n) is 0.783. The monoisotopic (exact) mass is 160 g/mol. The van der Waals surface area contributed by atoms with Gasteiger partial charge in [-0.15, -0.1) is 9.90 Å². The number of nitrogens with one attached hydrogen (secondary N) is 1. The summed E-state index contributed by atoms with van der Waals surface area (Å²) in [5.41, 5.74) is 0.270. The fraction of sp³-hybridized carbons (Fsp3) is 0. The molecule has 0 atom stereocenters. The number of aromatic amines is 1. The Labute approximate surface area is 67.5 Å². The molecule has 0 fully saturated rings. The van der Waals surface area contributed by atoms with E-state index < -0.39 is 0 Å². The van der Waals surface area contributed by atoms with Crippen molar-refractivity contribution in [3.8, 4) is 12.0 Å². The topological polar surface area (TPSA) is 83.2 Å². The van der Waals surface area contributed by atoms with Crippen LogP contribution in [0.15, 0.2) is 18.6 Å². The van der Waals surface area contributed by atoms with Crippen molar-refractivity contribution in [2.75, 3.05) is 0 Å². The van der Waals surface area contributed by atoms with Crippen LogP contribution >= 0.6 is 0 Å². The van der Waals surface area contributed by atoms with E-state index in [1.165, 1.54) is 11.0 Å². The third-order valence-corrected chi connectivity index (χ3v) is 1.28. The highest BCUT2D eigenvalue weighted by Gasteiger charge is 2.01. The number of nitrogens with zero attached hydrogens (tertiary/aromatic N) is 5. The van der Waals surface area contributed by atoms with E-state index in [0.29, 0.717) is 5.95 Å². The summed E-state index contributed by atoms with van der Waals surface area (Å²) in [6.45, 7) is 0. The lowest BCUT2D eigenvalue weighted by Crippen LogP contribution is -2.00. The molecule has 12 heavy (non-hydrogen) atoms. The van der Waals surface area contributed by atoms with Gasteiger partial charge in [-0.1, -0.05) is 0 Å². The van der Waals surface area contributed by atoms with Crippen LogP contribution in [0.1, 0.15) is 5.69 Å². The van der Waals surface area contributed by atoms with Gasteiger partial charge in [-0.25, -0.2) is 4.98 Å². The Morgan fingerprint density at radius 3 is 3.08 bits per heavy atom. The summed E-state index contributed by atoms with van der Waals surface area (Å²) in [5.74, 6) is 0.497. The van der Waals surface area contributed by atoms with Crippen molar-refractivity contribution in [3.05, 3.63) is 24.3 Å². The first-order valence-electron chi connectivity index (χ1n) is 3.22. The zero-order valence-corrected chi connectivity index (χ0v) is 5.97. The van der Waals surface area contributed by atoms with Crippen LogP contribution in [0, 0.1) is 11.3 Å². The molecule has 0 amide bonds. The molecule has 2 aromatic heterocycles. The number of H-pyrrole nitrogens is 1. The molecule has 2 aromatic rings. The molecule has 1 N–H and O–H groups in total. The number of rotatable bonds is 1. The van der Waals surface area contributed by atoms with Crippen LogP contribution in [0.2, 0.25) is 0 Å². The van der Waals surface area contributed by atoms with Crippen molar-refractivity contribution in [2.24, 2.45) is 0 Å². The maximum absolute atomic E-state index is 8.45. The predicted octanol–water partition coefficient (Wildman–Crippen LogP) is -0.138. The van der Waals surface area contributed by atoms with E-state index in [1.54, 1.807) is 12.4 Å². The van der Waals surface area contributed by atoms with Gasteiger partial charge < -0.3 is 4.98 Å². The molecule has 58 valence electrons. The van der Waals surface area contributed by atoms with Gasteiger partial charge in [-0.05, 0) is 0 Å². The van der Waals surface area contributed by atoms with Crippen molar-refractivity contribution in [1.29, 1.82) is 5.26 Å². The number of hydrogen-bond acceptors (Lipinski definition) is 4. The minimum atomic E-state index is 0.270. The molecule has 0 radical (unpaired) electrons. The normalized spacial score (nSPS) is 9.58. The van der Waals surface area contributed by atoms with Gasteiger partial charge in [0, 0.05) is 12.4 Å². The summed E-state index contributed by atoms with van der Waals surface area (Å²) in [6, 6.07) is 1.87. The van der Waals surface area contributed by atoms with Crippen molar-refractivity contribution in [2.45, 2.75) is 0 Å². The fourth-order valence-corrected chi connectivity index (χ4v) is 0.783. The highest BCUT2D eigenvalue weighted by Crippen LogP contribution is 1.95. The van der Waals surface area contributed by atoms with Gasteiger partial charge in [0.2, 0.25) is 5.95 Å². The van der Waals surface area contributed by atoms with E-state index in [1.807, 2.05) is 6.07 Å². The Morgan fingerprint density at radius 2 is 2.50 bits per heavy atom. The zero-order chi connectivity index (χ0) is 8.39.